The van der Waals surface area contributed by atoms with Crippen molar-refractivity contribution in [1.82, 2.24) is 0 Å². The van der Waals surface area contributed by atoms with Gasteiger partial charge in [0.15, 0.2) is 0 Å². The van der Waals surface area contributed by atoms with Crippen molar-refractivity contribution in [2.45, 2.75) is 25.9 Å². The van der Waals surface area contributed by atoms with Gasteiger partial charge >= 0.3 is 11.9 Å². The molecule has 0 bridgehead atoms. The lowest BCUT2D eigenvalue weighted by Crippen LogP contribution is -2.43. The van der Waals surface area contributed by atoms with E-state index in [9.17, 15) is 9.59 Å². The zero-order valence-electron chi connectivity index (χ0n) is 15.9. The lowest BCUT2D eigenvalue weighted by Gasteiger charge is -2.34. The molecule has 1 aliphatic heterocycles. The number of rotatable bonds is 6. The van der Waals surface area contributed by atoms with Crippen molar-refractivity contribution in [2.75, 3.05) is 27.3 Å². The summed E-state index contributed by atoms with van der Waals surface area (Å²) in [7, 11) is 2.79. The van der Waals surface area contributed by atoms with Gasteiger partial charge in [-0.25, -0.2) is 9.59 Å². The van der Waals surface area contributed by atoms with Crippen molar-refractivity contribution >= 4 is 11.9 Å². The Morgan fingerprint density at radius 2 is 1.11 bits per heavy atom. The standard InChI is InChI=1S/C22H26NO4/c1-26-21(24)19-9-5-17(6-10-19)15-23(13-3-4-14-23)16-18-7-11-20(12-8-18)22(25)27-2/h5-12H,3-4,13-16H2,1-2H3/q+1. The molecule has 142 valence electrons. The van der Waals surface area contributed by atoms with E-state index in [-0.39, 0.29) is 11.9 Å². The second-order valence-corrected chi connectivity index (χ2v) is 7.19. The van der Waals surface area contributed by atoms with Crippen LogP contribution in [0.5, 0.6) is 0 Å². The largest absolute Gasteiger partial charge is 0.465 e. The van der Waals surface area contributed by atoms with Crippen LogP contribution >= 0.6 is 0 Å². The fourth-order valence-corrected chi connectivity index (χ4v) is 3.88. The molecule has 0 unspecified atom stereocenters. The van der Waals surface area contributed by atoms with Gasteiger partial charge in [0.25, 0.3) is 0 Å². The van der Waals surface area contributed by atoms with Gasteiger partial charge in [-0.05, 0) is 24.3 Å². The molecule has 1 aliphatic rings. The van der Waals surface area contributed by atoms with Crippen molar-refractivity contribution in [1.29, 1.82) is 0 Å². The minimum Gasteiger partial charge on any atom is -0.465 e. The number of quaternary nitrogens is 1. The minimum atomic E-state index is -0.308. The highest BCUT2D eigenvalue weighted by molar-refractivity contribution is 5.89. The highest BCUT2D eigenvalue weighted by atomic mass is 16.5. The summed E-state index contributed by atoms with van der Waals surface area (Å²) < 4.78 is 10.5. The molecule has 5 nitrogen and oxygen atoms in total. The Morgan fingerprint density at radius 3 is 1.44 bits per heavy atom. The first kappa shape index (κ1) is 19.1. The van der Waals surface area contributed by atoms with E-state index in [4.69, 9.17) is 9.47 Å². The third-order valence-corrected chi connectivity index (χ3v) is 5.30. The molecule has 0 amide bonds. The smallest absolute Gasteiger partial charge is 0.337 e. The lowest BCUT2D eigenvalue weighted by atomic mass is 10.1. The highest BCUT2D eigenvalue weighted by Gasteiger charge is 2.32. The summed E-state index contributed by atoms with van der Waals surface area (Å²) in [4.78, 5) is 23.2. The van der Waals surface area contributed by atoms with Crippen LogP contribution < -0.4 is 0 Å². The molecule has 0 aliphatic carbocycles. The van der Waals surface area contributed by atoms with Crippen molar-refractivity contribution < 1.29 is 23.5 Å². The average Bonchev–Trinajstić information content (AvgIpc) is 3.15. The Labute approximate surface area is 160 Å². The van der Waals surface area contributed by atoms with Crippen molar-refractivity contribution in [3.05, 3.63) is 70.8 Å². The van der Waals surface area contributed by atoms with Gasteiger partial charge < -0.3 is 14.0 Å². The molecule has 0 radical (unpaired) electrons. The first-order valence-electron chi connectivity index (χ1n) is 9.25. The quantitative estimate of drug-likeness (QED) is 0.578. The molecule has 0 spiro atoms. The number of likely N-dealkylation sites (tertiary alicyclic amines) is 1. The van der Waals surface area contributed by atoms with Crippen LogP contribution in [-0.2, 0) is 22.6 Å². The third-order valence-electron chi connectivity index (χ3n) is 5.30. The predicted molar refractivity (Wildman–Crippen MR) is 102 cm³/mol. The zero-order chi connectivity index (χ0) is 19.3. The van der Waals surface area contributed by atoms with Gasteiger partial charge in [0.2, 0.25) is 0 Å². The summed E-state index contributed by atoms with van der Waals surface area (Å²) in [6.07, 6.45) is 2.45. The fraction of sp³-hybridized carbons (Fsp3) is 0.364. The molecule has 27 heavy (non-hydrogen) atoms. The predicted octanol–water partition coefficient (Wildman–Crippen LogP) is 3.57. The number of benzene rings is 2. The number of hydrogen-bond donors (Lipinski definition) is 0. The number of nitrogens with zero attached hydrogens (tertiary/aromatic N) is 1. The normalized spacial score (nSPS) is 15.3. The number of hydrogen-bond acceptors (Lipinski definition) is 4. The maximum atomic E-state index is 11.6. The molecule has 0 atom stereocenters. The fourth-order valence-electron chi connectivity index (χ4n) is 3.88. The van der Waals surface area contributed by atoms with E-state index in [2.05, 4.69) is 0 Å². The Hall–Kier alpha value is -2.66. The molecule has 0 aromatic heterocycles. The maximum absolute atomic E-state index is 11.6. The molecule has 3 rings (SSSR count). The van der Waals surface area contributed by atoms with E-state index in [1.807, 2.05) is 48.5 Å². The minimum absolute atomic E-state index is 0.308. The number of ether oxygens (including phenoxy) is 2. The first-order chi connectivity index (χ1) is 13.0. The van der Waals surface area contributed by atoms with Crippen LogP contribution in [0.15, 0.2) is 48.5 Å². The molecule has 0 N–H and O–H groups in total. The summed E-state index contributed by atoms with van der Waals surface area (Å²) in [6, 6.07) is 15.4. The van der Waals surface area contributed by atoms with Crippen LogP contribution in [0, 0.1) is 0 Å². The van der Waals surface area contributed by atoms with Gasteiger partial charge in [0.05, 0.1) is 38.4 Å². The van der Waals surface area contributed by atoms with E-state index in [0.29, 0.717) is 11.1 Å². The van der Waals surface area contributed by atoms with Crippen molar-refractivity contribution in [3.8, 4) is 0 Å². The molecular formula is C22H26NO4+. The number of carbonyl (C=O) groups is 2. The summed E-state index contributed by atoms with van der Waals surface area (Å²) in [6.45, 7) is 4.13. The molecule has 5 heteroatoms. The topological polar surface area (TPSA) is 52.6 Å². The second kappa shape index (κ2) is 8.35. The van der Waals surface area contributed by atoms with Gasteiger partial charge in [-0.15, -0.1) is 0 Å². The summed E-state index contributed by atoms with van der Waals surface area (Å²) in [5, 5.41) is 0. The monoisotopic (exact) mass is 368 g/mol. The van der Waals surface area contributed by atoms with Gasteiger partial charge in [-0.2, -0.15) is 0 Å². The molecule has 1 heterocycles. The van der Waals surface area contributed by atoms with Crippen molar-refractivity contribution in [3.63, 3.8) is 0 Å². The Morgan fingerprint density at radius 1 is 0.741 bits per heavy atom. The van der Waals surface area contributed by atoms with E-state index >= 15 is 0 Å². The van der Waals surface area contributed by atoms with Crippen LogP contribution in [0.3, 0.4) is 0 Å². The molecule has 1 fully saturated rings. The van der Waals surface area contributed by atoms with E-state index in [1.54, 1.807) is 0 Å². The van der Waals surface area contributed by atoms with Crippen LogP contribution in [0.25, 0.3) is 0 Å². The lowest BCUT2D eigenvalue weighted by molar-refractivity contribution is -0.942. The molecule has 2 aromatic rings. The third kappa shape index (κ3) is 4.55. The summed E-state index contributed by atoms with van der Waals surface area (Å²) in [5.41, 5.74) is 3.59. The summed E-state index contributed by atoms with van der Waals surface area (Å²) >= 11 is 0. The number of esters is 2. The second-order valence-electron chi connectivity index (χ2n) is 7.19. The SMILES string of the molecule is COC(=O)c1ccc(C[N+]2(Cc3ccc(C(=O)OC)cc3)CCCC2)cc1. The highest BCUT2D eigenvalue weighted by Crippen LogP contribution is 2.27. The van der Waals surface area contributed by atoms with Crippen LogP contribution in [0.2, 0.25) is 0 Å². The Kier molecular flexibility index (Phi) is 5.91. The molecule has 0 saturated carbocycles. The van der Waals surface area contributed by atoms with E-state index in [0.717, 1.165) is 30.7 Å². The average molecular weight is 368 g/mol. The molecular weight excluding hydrogens is 342 g/mol. The number of carbonyl (C=O) groups excluding carboxylic acids is 2. The van der Waals surface area contributed by atoms with Crippen LogP contribution in [0.4, 0.5) is 0 Å². The van der Waals surface area contributed by atoms with E-state index in [1.165, 1.54) is 38.2 Å². The molecule has 2 aromatic carbocycles. The van der Waals surface area contributed by atoms with Crippen LogP contribution in [0.1, 0.15) is 44.7 Å². The van der Waals surface area contributed by atoms with Gasteiger partial charge in [0.1, 0.15) is 13.1 Å². The Bertz CT molecular complexity index is 727. The zero-order valence-corrected chi connectivity index (χ0v) is 15.9. The van der Waals surface area contributed by atoms with Gasteiger partial charge in [-0.3, -0.25) is 0 Å². The van der Waals surface area contributed by atoms with Gasteiger partial charge in [0, 0.05) is 24.0 Å². The summed E-state index contributed by atoms with van der Waals surface area (Å²) in [5.74, 6) is -0.616. The van der Waals surface area contributed by atoms with E-state index < -0.39 is 0 Å². The first-order valence-corrected chi connectivity index (χ1v) is 9.25. The number of methoxy groups -OCH3 is 2. The van der Waals surface area contributed by atoms with Crippen molar-refractivity contribution in [2.24, 2.45) is 0 Å². The van der Waals surface area contributed by atoms with Crippen LogP contribution in [-0.4, -0.2) is 43.7 Å². The molecule has 1 saturated heterocycles. The maximum Gasteiger partial charge on any atom is 0.337 e. The van der Waals surface area contributed by atoms with Gasteiger partial charge in [-0.1, -0.05) is 24.3 Å². The Balaban J connectivity index is 1.74.